The molecule has 32 heavy (non-hydrogen) atoms. The second kappa shape index (κ2) is 8.59. The van der Waals surface area contributed by atoms with Crippen molar-refractivity contribution >= 4 is 23.0 Å². The predicted octanol–water partition coefficient (Wildman–Crippen LogP) is -0.0314. The number of fused-ring (bicyclic) bond motifs is 1. The zero-order chi connectivity index (χ0) is 22.8. The maximum atomic E-state index is 12.2. The summed E-state index contributed by atoms with van der Waals surface area (Å²) in [5, 5.41) is 7.73. The molecule has 4 rings (SSSR count). The first kappa shape index (κ1) is 21.2. The predicted molar refractivity (Wildman–Crippen MR) is 108 cm³/mol. The molecule has 0 saturated carbocycles. The number of carbonyl (C=O) groups excluding carboxylic acids is 2. The largest absolute Gasteiger partial charge is 0.459 e. The van der Waals surface area contributed by atoms with Gasteiger partial charge in [0, 0.05) is 13.3 Å². The van der Waals surface area contributed by atoms with E-state index < -0.39 is 41.6 Å². The van der Waals surface area contributed by atoms with Crippen LogP contribution in [0.5, 0.6) is 0 Å². The van der Waals surface area contributed by atoms with E-state index in [0.29, 0.717) is 5.56 Å². The number of nitrogens with one attached hydrogen (secondary N) is 3. The number of rotatable bonds is 5. The average molecular weight is 441 g/mol. The first-order valence-corrected chi connectivity index (χ1v) is 9.66. The van der Waals surface area contributed by atoms with E-state index in [2.05, 4.69) is 9.97 Å². The monoisotopic (exact) mass is 441 g/mol. The van der Waals surface area contributed by atoms with Gasteiger partial charge in [0.15, 0.2) is 11.7 Å². The Hall–Kier alpha value is -4.06. The summed E-state index contributed by atoms with van der Waals surface area (Å²) in [6, 6.07) is 8.43. The first-order valence-electron chi connectivity index (χ1n) is 9.66. The van der Waals surface area contributed by atoms with Crippen LogP contribution >= 0.6 is 0 Å². The van der Waals surface area contributed by atoms with E-state index in [4.69, 9.17) is 19.6 Å². The van der Waals surface area contributed by atoms with Gasteiger partial charge < -0.3 is 14.2 Å². The van der Waals surface area contributed by atoms with Crippen molar-refractivity contribution in [2.24, 2.45) is 0 Å². The minimum absolute atomic E-state index is 0.0113. The van der Waals surface area contributed by atoms with Crippen LogP contribution in [0.4, 0.5) is 0 Å². The number of hydrogen-bond donors (Lipinski definition) is 3. The van der Waals surface area contributed by atoms with Gasteiger partial charge in [0.25, 0.3) is 5.56 Å². The zero-order valence-electron chi connectivity index (χ0n) is 16.9. The van der Waals surface area contributed by atoms with Crippen molar-refractivity contribution in [3.63, 3.8) is 0 Å². The van der Waals surface area contributed by atoms with Crippen molar-refractivity contribution in [2.75, 3.05) is 6.61 Å². The number of aromatic amines is 2. The summed E-state index contributed by atoms with van der Waals surface area (Å²) < 4.78 is 17.9. The third-order valence-corrected chi connectivity index (χ3v) is 4.88. The summed E-state index contributed by atoms with van der Waals surface area (Å²) >= 11 is 0. The van der Waals surface area contributed by atoms with Crippen molar-refractivity contribution in [3.05, 3.63) is 68.5 Å². The Kier molecular flexibility index (Phi) is 5.69. The van der Waals surface area contributed by atoms with Gasteiger partial charge in [-0.1, -0.05) is 18.2 Å². The SMILES string of the molecule is CC(=O)O[C@@H]1C[C@@H](COC(=O)c2ccccc2)O[C@H]1n1cnc(=N)c2c(=O)[nH]c(=O)[nH]c21. The van der Waals surface area contributed by atoms with Crippen LogP contribution in [0, 0.1) is 5.41 Å². The first-order chi connectivity index (χ1) is 15.3. The number of H-pyrrole nitrogens is 2. The van der Waals surface area contributed by atoms with Gasteiger partial charge in [-0.2, -0.15) is 0 Å². The van der Waals surface area contributed by atoms with E-state index in [1.54, 1.807) is 30.3 Å². The fraction of sp³-hybridized carbons (Fsp3) is 0.300. The number of esters is 2. The quantitative estimate of drug-likeness (QED) is 0.464. The molecule has 0 radical (unpaired) electrons. The molecule has 3 N–H and O–H groups in total. The lowest BCUT2D eigenvalue weighted by Gasteiger charge is -2.22. The van der Waals surface area contributed by atoms with Crippen LogP contribution < -0.4 is 16.7 Å². The molecule has 3 atom stereocenters. The minimum Gasteiger partial charge on any atom is -0.459 e. The Morgan fingerprint density at radius 2 is 2.00 bits per heavy atom. The molecule has 3 aromatic rings. The molecule has 1 aromatic carbocycles. The molecule has 0 amide bonds. The maximum absolute atomic E-state index is 12.2. The molecular weight excluding hydrogens is 422 g/mol. The van der Waals surface area contributed by atoms with Crippen LogP contribution in [0.25, 0.3) is 11.0 Å². The lowest BCUT2D eigenvalue weighted by atomic mass is 10.2. The van der Waals surface area contributed by atoms with Crippen molar-refractivity contribution in [3.8, 4) is 0 Å². The van der Waals surface area contributed by atoms with Gasteiger partial charge in [0.05, 0.1) is 11.7 Å². The summed E-state index contributed by atoms with van der Waals surface area (Å²) in [6.07, 6.45) is -1.03. The van der Waals surface area contributed by atoms with Gasteiger partial charge >= 0.3 is 17.6 Å². The Morgan fingerprint density at radius 1 is 1.25 bits per heavy atom. The van der Waals surface area contributed by atoms with E-state index in [1.165, 1.54) is 17.8 Å². The summed E-state index contributed by atoms with van der Waals surface area (Å²) in [5.74, 6) is -1.09. The molecule has 1 fully saturated rings. The molecule has 1 saturated heterocycles. The molecule has 166 valence electrons. The molecular formula is C20H19N5O7. The van der Waals surface area contributed by atoms with Gasteiger partial charge in [0.1, 0.15) is 30.1 Å². The van der Waals surface area contributed by atoms with Crippen LogP contribution in [0.1, 0.15) is 29.9 Å². The molecule has 0 bridgehead atoms. The standard InChI is InChI=1S/C20H19N5O7/c1-10(26)31-13-7-12(8-30-19(28)11-5-3-2-4-6-11)32-18(13)25-9-22-15(21)14-16(25)23-20(29)24-17(14)27/h2-6,9,12-13,18,21H,7-8H2,1H3,(H2,23,24,27,29)/t12-,13+,18+/m0/s1. The topological polar surface area (TPSA) is 169 Å². The van der Waals surface area contributed by atoms with Gasteiger partial charge in [-0.25, -0.2) is 14.6 Å². The smallest absolute Gasteiger partial charge is 0.338 e. The van der Waals surface area contributed by atoms with Gasteiger partial charge in [-0.3, -0.25) is 29.5 Å². The Morgan fingerprint density at radius 3 is 2.72 bits per heavy atom. The van der Waals surface area contributed by atoms with Gasteiger partial charge in [-0.05, 0) is 12.1 Å². The summed E-state index contributed by atoms with van der Waals surface area (Å²) in [6.45, 7) is 1.13. The van der Waals surface area contributed by atoms with Crippen LogP contribution in [0.15, 0.2) is 46.2 Å². The lowest BCUT2D eigenvalue weighted by Crippen LogP contribution is -2.33. The molecule has 12 heteroatoms. The van der Waals surface area contributed by atoms with E-state index in [0.717, 1.165) is 0 Å². The second-order valence-electron chi connectivity index (χ2n) is 7.13. The third kappa shape index (κ3) is 4.21. The van der Waals surface area contributed by atoms with Crippen molar-refractivity contribution in [2.45, 2.75) is 31.8 Å². The highest BCUT2D eigenvalue weighted by Crippen LogP contribution is 2.32. The Balaban J connectivity index is 1.63. The number of nitrogens with zero attached hydrogens (tertiary/aromatic N) is 2. The number of hydrogen-bond acceptors (Lipinski definition) is 9. The van der Waals surface area contributed by atoms with Gasteiger partial charge in [-0.15, -0.1) is 0 Å². The number of aromatic nitrogens is 4. The number of ether oxygens (including phenoxy) is 3. The summed E-state index contributed by atoms with van der Waals surface area (Å²) in [5.41, 5.74) is -1.54. The highest BCUT2D eigenvalue weighted by molar-refractivity contribution is 5.89. The minimum atomic E-state index is -0.979. The van der Waals surface area contributed by atoms with E-state index in [9.17, 15) is 19.2 Å². The summed E-state index contributed by atoms with van der Waals surface area (Å²) in [4.78, 5) is 56.3. The van der Waals surface area contributed by atoms with E-state index in [1.807, 2.05) is 4.98 Å². The zero-order valence-corrected chi connectivity index (χ0v) is 16.9. The molecule has 3 heterocycles. The molecule has 12 nitrogen and oxygen atoms in total. The highest BCUT2D eigenvalue weighted by Gasteiger charge is 2.40. The molecule has 1 aliphatic heterocycles. The fourth-order valence-corrected chi connectivity index (χ4v) is 3.54. The van der Waals surface area contributed by atoms with Crippen molar-refractivity contribution in [1.82, 2.24) is 19.5 Å². The number of benzene rings is 1. The van der Waals surface area contributed by atoms with Gasteiger partial charge in [0.2, 0.25) is 0 Å². The molecule has 0 aliphatic carbocycles. The van der Waals surface area contributed by atoms with Crippen molar-refractivity contribution in [1.29, 1.82) is 5.41 Å². The van der Waals surface area contributed by atoms with Crippen LogP contribution in [0.2, 0.25) is 0 Å². The molecule has 1 aliphatic rings. The Bertz CT molecular complexity index is 1340. The lowest BCUT2D eigenvalue weighted by molar-refractivity contribution is -0.152. The average Bonchev–Trinajstić information content (AvgIpc) is 3.14. The van der Waals surface area contributed by atoms with E-state index in [-0.39, 0.29) is 29.5 Å². The maximum Gasteiger partial charge on any atom is 0.338 e. The van der Waals surface area contributed by atoms with Crippen LogP contribution in [-0.2, 0) is 19.0 Å². The highest BCUT2D eigenvalue weighted by atomic mass is 16.6. The van der Waals surface area contributed by atoms with Crippen LogP contribution in [0.3, 0.4) is 0 Å². The summed E-state index contributed by atoms with van der Waals surface area (Å²) in [7, 11) is 0. The molecule has 0 spiro atoms. The number of carbonyl (C=O) groups is 2. The Labute approximate surface area is 179 Å². The molecule has 0 unspecified atom stereocenters. The van der Waals surface area contributed by atoms with Crippen molar-refractivity contribution < 1.29 is 23.8 Å². The normalized spacial score (nSPS) is 20.2. The second-order valence-corrected chi connectivity index (χ2v) is 7.13. The van der Waals surface area contributed by atoms with Crippen LogP contribution in [-0.4, -0.2) is 50.3 Å². The van der Waals surface area contributed by atoms with E-state index >= 15 is 0 Å². The molecule has 2 aromatic heterocycles. The fourth-order valence-electron chi connectivity index (χ4n) is 3.54. The third-order valence-electron chi connectivity index (χ3n) is 4.88.